The van der Waals surface area contributed by atoms with Gasteiger partial charge in [-0.15, -0.1) is 11.3 Å². The zero-order valence-electron chi connectivity index (χ0n) is 16.7. The average Bonchev–Trinajstić information content (AvgIpc) is 3.29. The molecule has 0 atom stereocenters. The van der Waals surface area contributed by atoms with Gasteiger partial charge in [0.25, 0.3) is 0 Å². The summed E-state index contributed by atoms with van der Waals surface area (Å²) >= 11 is 1.55. The Morgan fingerprint density at radius 2 is 1.53 bits per heavy atom. The van der Waals surface area contributed by atoms with Gasteiger partial charge in [0.15, 0.2) is 0 Å². The van der Waals surface area contributed by atoms with Gasteiger partial charge in [-0.1, -0.05) is 18.2 Å². The Morgan fingerprint density at radius 1 is 0.867 bits per heavy atom. The number of rotatable bonds is 7. The van der Waals surface area contributed by atoms with Crippen LogP contribution in [0.3, 0.4) is 0 Å². The van der Waals surface area contributed by atoms with Gasteiger partial charge in [-0.2, -0.15) is 5.10 Å². The third-order valence-electron chi connectivity index (χ3n) is 4.39. The first kappa shape index (κ1) is 19.7. The number of nitrogens with zero attached hydrogens (tertiary/aromatic N) is 3. The van der Waals surface area contributed by atoms with E-state index in [2.05, 4.69) is 5.10 Å². The number of ether oxygens (including phenoxy) is 2. The number of benzene rings is 3. The van der Waals surface area contributed by atoms with Crippen LogP contribution in [0.5, 0.6) is 17.2 Å². The molecule has 4 aromatic rings. The summed E-state index contributed by atoms with van der Waals surface area (Å²) in [7, 11) is 3.54. The summed E-state index contributed by atoms with van der Waals surface area (Å²) in [6.45, 7) is 0. The number of anilines is 1. The minimum Gasteiger partial charge on any atom is -0.497 e. The normalized spacial score (nSPS) is 10.9. The van der Waals surface area contributed by atoms with E-state index >= 15 is 0 Å². The predicted octanol–water partition coefficient (Wildman–Crippen LogP) is 6.08. The molecule has 0 radical (unpaired) electrons. The molecule has 1 aromatic heterocycles. The van der Waals surface area contributed by atoms with Gasteiger partial charge in [0.05, 0.1) is 19.0 Å². The Kier molecular flexibility index (Phi) is 6.06. The number of para-hydroxylation sites is 1. The van der Waals surface area contributed by atoms with Crippen molar-refractivity contribution in [2.45, 2.75) is 0 Å². The highest BCUT2D eigenvalue weighted by atomic mass is 32.1. The number of methoxy groups -OCH3 is 1. The summed E-state index contributed by atoms with van der Waals surface area (Å²) in [5, 5.41) is 9.10. The lowest BCUT2D eigenvalue weighted by Crippen LogP contribution is -2.08. The third kappa shape index (κ3) is 4.85. The number of hydrazone groups is 1. The highest BCUT2D eigenvalue weighted by Crippen LogP contribution is 2.29. The molecule has 0 fully saturated rings. The molecule has 0 aliphatic heterocycles. The lowest BCUT2D eigenvalue weighted by molar-refractivity contribution is 0.415. The molecule has 3 aromatic carbocycles. The van der Waals surface area contributed by atoms with Gasteiger partial charge in [-0.3, -0.25) is 0 Å². The van der Waals surface area contributed by atoms with E-state index in [9.17, 15) is 0 Å². The van der Waals surface area contributed by atoms with Gasteiger partial charge in [-0.25, -0.2) is 9.99 Å². The second-order valence-electron chi connectivity index (χ2n) is 6.50. The number of hydrogen-bond donors (Lipinski definition) is 0. The van der Waals surface area contributed by atoms with Crippen LogP contribution in [-0.4, -0.2) is 25.4 Å². The minimum atomic E-state index is 0.793. The molecular formula is C24H21N3O2S. The monoisotopic (exact) mass is 415 g/mol. The second-order valence-corrected chi connectivity index (χ2v) is 7.33. The summed E-state index contributed by atoms with van der Waals surface area (Å²) < 4.78 is 11.0. The van der Waals surface area contributed by atoms with Crippen LogP contribution in [0.1, 0.15) is 5.56 Å². The van der Waals surface area contributed by atoms with Crippen LogP contribution in [0.15, 0.2) is 89.3 Å². The van der Waals surface area contributed by atoms with Gasteiger partial charge in [-0.05, 0) is 66.2 Å². The van der Waals surface area contributed by atoms with Gasteiger partial charge < -0.3 is 9.47 Å². The first-order valence-electron chi connectivity index (χ1n) is 9.42. The van der Waals surface area contributed by atoms with Crippen LogP contribution in [0.25, 0.3) is 11.3 Å². The van der Waals surface area contributed by atoms with Crippen LogP contribution >= 0.6 is 11.3 Å². The molecule has 0 amide bonds. The molecule has 0 saturated heterocycles. The Bertz CT molecular complexity index is 1110. The number of thiazole rings is 1. The molecule has 0 N–H and O–H groups in total. The fraction of sp³-hybridized carbons (Fsp3) is 0.0833. The molecule has 150 valence electrons. The van der Waals surface area contributed by atoms with Crippen molar-refractivity contribution < 1.29 is 9.47 Å². The van der Waals surface area contributed by atoms with E-state index in [4.69, 9.17) is 14.5 Å². The predicted molar refractivity (Wildman–Crippen MR) is 123 cm³/mol. The fourth-order valence-electron chi connectivity index (χ4n) is 2.76. The van der Waals surface area contributed by atoms with E-state index in [1.807, 2.05) is 91.3 Å². The van der Waals surface area contributed by atoms with Crippen molar-refractivity contribution in [1.29, 1.82) is 0 Å². The number of aromatic nitrogens is 1. The standard InChI is InChI=1S/C24H21N3O2S/c1-27(25-16-18-8-12-20(28-2)13-9-18)24-26-23(17-30-24)19-10-14-22(15-11-19)29-21-6-4-3-5-7-21/h3-17H,1-2H3/b25-16-. The smallest absolute Gasteiger partial charge is 0.206 e. The lowest BCUT2D eigenvalue weighted by atomic mass is 10.2. The van der Waals surface area contributed by atoms with Crippen molar-refractivity contribution in [2.24, 2.45) is 5.10 Å². The summed E-state index contributed by atoms with van der Waals surface area (Å²) in [6.07, 6.45) is 1.80. The van der Waals surface area contributed by atoms with E-state index in [0.717, 1.165) is 39.2 Å². The summed E-state index contributed by atoms with van der Waals surface area (Å²) in [5.74, 6) is 2.43. The van der Waals surface area contributed by atoms with Crippen molar-refractivity contribution in [2.75, 3.05) is 19.2 Å². The average molecular weight is 416 g/mol. The Hall–Kier alpha value is -3.64. The molecule has 0 aliphatic rings. The van der Waals surface area contributed by atoms with Gasteiger partial charge >= 0.3 is 0 Å². The summed E-state index contributed by atoms with van der Waals surface area (Å²) in [6, 6.07) is 25.4. The maximum Gasteiger partial charge on any atom is 0.206 e. The molecule has 1 heterocycles. The fourth-order valence-corrected chi connectivity index (χ4v) is 3.51. The van der Waals surface area contributed by atoms with Crippen LogP contribution in [0.2, 0.25) is 0 Å². The Balaban J connectivity index is 1.42. The van der Waals surface area contributed by atoms with Crippen molar-refractivity contribution >= 4 is 22.7 Å². The molecule has 0 saturated carbocycles. The molecule has 0 bridgehead atoms. The minimum absolute atomic E-state index is 0.793. The zero-order chi connectivity index (χ0) is 20.8. The van der Waals surface area contributed by atoms with Gasteiger partial charge in [0, 0.05) is 18.0 Å². The van der Waals surface area contributed by atoms with Crippen LogP contribution in [0.4, 0.5) is 5.13 Å². The highest BCUT2D eigenvalue weighted by molar-refractivity contribution is 7.14. The first-order chi connectivity index (χ1) is 14.7. The quantitative estimate of drug-likeness (QED) is 0.271. The summed E-state index contributed by atoms with van der Waals surface area (Å²) in [4.78, 5) is 4.70. The maximum atomic E-state index is 5.85. The Morgan fingerprint density at radius 3 is 2.23 bits per heavy atom. The van der Waals surface area contributed by atoms with E-state index in [0.29, 0.717) is 0 Å². The number of hydrogen-bond acceptors (Lipinski definition) is 6. The van der Waals surface area contributed by atoms with E-state index in [-0.39, 0.29) is 0 Å². The molecule has 5 nitrogen and oxygen atoms in total. The third-order valence-corrected chi connectivity index (χ3v) is 5.30. The largest absolute Gasteiger partial charge is 0.497 e. The molecule has 0 unspecified atom stereocenters. The van der Waals surface area contributed by atoms with Crippen LogP contribution < -0.4 is 14.5 Å². The molecule has 6 heteroatoms. The molecular weight excluding hydrogens is 394 g/mol. The van der Waals surface area contributed by atoms with E-state index in [1.165, 1.54) is 0 Å². The molecule has 0 spiro atoms. The lowest BCUT2D eigenvalue weighted by Gasteiger charge is -2.08. The maximum absolute atomic E-state index is 5.85. The summed E-state index contributed by atoms with van der Waals surface area (Å²) in [5.41, 5.74) is 2.94. The molecule has 0 aliphatic carbocycles. The highest BCUT2D eigenvalue weighted by Gasteiger charge is 2.08. The van der Waals surface area contributed by atoms with Crippen molar-refractivity contribution in [3.05, 3.63) is 89.8 Å². The zero-order valence-corrected chi connectivity index (χ0v) is 17.5. The molecule has 4 rings (SSSR count). The van der Waals surface area contributed by atoms with Gasteiger partial charge in [0.1, 0.15) is 17.2 Å². The van der Waals surface area contributed by atoms with E-state index in [1.54, 1.807) is 29.7 Å². The van der Waals surface area contributed by atoms with E-state index < -0.39 is 0 Å². The van der Waals surface area contributed by atoms with Crippen LogP contribution in [0, 0.1) is 0 Å². The Labute approximate surface area is 179 Å². The second kappa shape index (κ2) is 9.24. The van der Waals surface area contributed by atoms with Gasteiger partial charge in [0.2, 0.25) is 5.13 Å². The SMILES string of the molecule is COc1ccc(/C=N\N(C)c2nc(-c3ccc(Oc4ccccc4)cc3)cs2)cc1. The van der Waals surface area contributed by atoms with Crippen molar-refractivity contribution in [3.63, 3.8) is 0 Å². The topological polar surface area (TPSA) is 47.0 Å². The molecule has 30 heavy (non-hydrogen) atoms. The first-order valence-corrected chi connectivity index (χ1v) is 10.3. The van der Waals surface area contributed by atoms with Crippen molar-refractivity contribution in [1.82, 2.24) is 4.98 Å². The van der Waals surface area contributed by atoms with Crippen LogP contribution in [-0.2, 0) is 0 Å². The van der Waals surface area contributed by atoms with Crippen molar-refractivity contribution in [3.8, 4) is 28.5 Å².